The molecule has 0 aliphatic carbocycles. The third-order valence-corrected chi connectivity index (χ3v) is 2.63. The third-order valence-electron chi connectivity index (χ3n) is 2.63. The van der Waals surface area contributed by atoms with Gasteiger partial charge in [-0.1, -0.05) is 6.92 Å². The van der Waals surface area contributed by atoms with E-state index >= 15 is 0 Å². The van der Waals surface area contributed by atoms with Gasteiger partial charge < -0.3 is 15.2 Å². The van der Waals surface area contributed by atoms with E-state index < -0.39 is 0 Å². The Bertz CT molecular complexity index is 144. The molecule has 0 spiro atoms. The average molecular weight is 187 g/mol. The highest BCUT2D eigenvalue weighted by molar-refractivity contribution is 4.85. The fourth-order valence-electron chi connectivity index (χ4n) is 1.56. The normalized spacial score (nSPS) is 31.6. The maximum Gasteiger partial charge on any atom is 0.0645 e. The van der Waals surface area contributed by atoms with Crippen LogP contribution in [0.3, 0.4) is 0 Å². The van der Waals surface area contributed by atoms with E-state index in [-0.39, 0.29) is 12.1 Å². The molecule has 2 N–H and O–H groups in total. The van der Waals surface area contributed by atoms with Crippen LogP contribution in [-0.4, -0.2) is 37.0 Å². The Morgan fingerprint density at radius 2 is 2.38 bits per heavy atom. The molecule has 13 heavy (non-hydrogen) atoms. The zero-order chi connectivity index (χ0) is 9.73. The Kier molecular flexibility index (Phi) is 4.16. The van der Waals surface area contributed by atoms with Crippen LogP contribution < -0.4 is 5.32 Å². The van der Waals surface area contributed by atoms with Crippen LogP contribution in [0.5, 0.6) is 0 Å². The summed E-state index contributed by atoms with van der Waals surface area (Å²) in [7, 11) is 0. The summed E-state index contributed by atoms with van der Waals surface area (Å²) in [5, 5.41) is 12.3. The first kappa shape index (κ1) is 11.0. The molecule has 0 radical (unpaired) electrons. The SMILES string of the molecule is CC(CO)CNC1(C)CCCOC1. The van der Waals surface area contributed by atoms with E-state index in [4.69, 9.17) is 9.84 Å². The van der Waals surface area contributed by atoms with Gasteiger partial charge in [0.25, 0.3) is 0 Å². The maximum absolute atomic E-state index is 8.88. The smallest absolute Gasteiger partial charge is 0.0645 e. The molecule has 78 valence electrons. The standard InChI is InChI=1S/C10H21NO2/c1-9(7-12)6-11-10(2)4-3-5-13-8-10/h9,11-12H,3-8H2,1-2H3. The van der Waals surface area contributed by atoms with E-state index in [0.29, 0.717) is 5.92 Å². The van der Waals surface area contributed by atoms with E-state index in [1.54, 1.807) is 0 Å². The van der Waals surface area contributed by atoms with Crippen LogP contribution in [0, 0.1) is 5.92 Å². The van der Waals surface area contributed by atoms with Gasteiger partial charge >= 0.3 is 0 Å². The average Bonchev–Trinajstić information content (AvgIpc) is 2.15. The molecule has 0 aromatic rings. The largest absolute Gasteiger partial charge is 0.396 e. The van der Waals surface area contributed by atoms with Gasteiger partial charge in [0.1, 0.15) is 0 Å². The quantitative estimate of drug-likeness (QED) is 0.683. The summed E-state index contributed by atoms with van der Waals surface area (Å²) in [5.41, 5.74) is 0.127. The van der Waals surface area contributed by atoms with Gasteiger partial charge in [-0.25, -0.2) is 0 Å². The molecule has 0 bridgehead atoms. The van der Waals surface area contributed by atoms with E-state index in [9.17, 15) is 0 Å². The highest BCUT2D eigenvalue weighted by Gasteiger charge is 2.26. The predicted molar refractivity (Wildman–Crippen MR) is 52.7 cm³/mol. The molecular formula is C10H21NO2. The minimum atomic E-state index is 0.127. The van der Waals surface area contributed by atoms with Gasteiger partial charge in [-0.05, 0) is 25.7 Å². The lowest BCUT2D eigenvalue weighted by Crippen LogP contribution is -2.50. The zero-order valence-corrected chi connectivity index (χ0v) is 8.68. The maximum atomic E-state index is 8.88. The predicted octanol–water partition coefficient (Wildman–Crippen LogP) is 0.773. The molecule has 1 aliphatic rings. The van der Waals surface area contributed by atoms with Gasteiger partial charge in [0.2, 0.25) is 0 Å². The molecule has 1 rings (SSSR count). The minimum Gasteiger partial charge on any atom is -0.396 e. The summed E-state index contributed by atoms with van der Waals surface area (Å²) in [5.74, 6) is 0.332. The topological polar surface area (TPSA) is 41.5 Å². The van der Waals surface area contributed by atoms with Crippen molar-refractivity contribution in [3.63, 3.8) is 0 Å². The lowest BCUT2D eigenvalue weighted by Gasteiger charge is -2.35. The molecule has 2 unspecified atom stereocenters. The van der Waals surface area contributed by atoms with Crippen LogP contribution in [0.15, 0.2) is 0 Å². The van der Waals surface area contributed by atoms with Crippen molar-refractivity contribution in [3.8, 4) is 0 Å². The van der Waals surface area contributed by atoms with Crippen LogP contribution in [0.4, 0.5) is 0 Å². The molecule has 1 aliphatic heterocycles. The van der Waals surface area contributed by atoms with Gasteiger partial charge in [-0.2, -0.15) is 0 Å². The lowest BCUT2D eigenvalue weighted by atomic mass is 9.94. The summed E-state index contributed by atoms with van der Waals surface area (Å²) >= 11 is 0. The zero-order valence-electron chi connectivity index (χ0n) is 8.68. The Morgan fingerprint density at radius 1 is 1.62 bits per heavy atom. The number of rotatable bonds is 4. The fraction of sp³-hybridized carbons (Fsp3) is 1.00. The second kappa shape index (κ2) is 4.94. The van der Waals surface area contributed by atoms with Gasteiger partial charge in [0.05, 0.1) is 6.61 Å². The highest BCUT2D eigenvalue weighted by atomic mass is 16.5. The Hall–Kier alpha value is -0.120. The summed E-state index contributed by atoms with van der Waals surface area (Å²) in [4.78, 5) is 0. The molecule has 2 atom stereocenters. The van der Waals surface area contributed by atoms with Gasteiger partial charge in [0.15, 0.2) is 0 Å². The second-order valence-electron chi connectivity index (χ2n) is 4.39. The van der Waals surface area contributed by atoms with Crippen LogP contribution in [0.25, 0.3) is 0 Å². The minimum absolute atomic E-state index is 0.127. The Balaban J connectivity index is 2.24. The van der Waals surface area contributed by atoms with Crippen molar-refractivity contribution < 1.29 is 9.84 Å². The van der Waals surface area contributed by atoms with Crippen molar-refractivity contribution in [1.82, 2.24) is 5.32 Å². The number of ether oxygens (including phenoxy) is 1. The first-order valence-electron chi connectivity index (χ1n) is 5.10. The molecule has 3 heteroatoms. The van der Waals surface area contributed by atoms with E-state index in [1.165, 1.54) is 6.42 Å². The van der Waals surface area contributed by atoms with Crippen LogP contribution in [0.2, 0.25) is 0 Å². The van der Waals surface area contributed by atoms with Crippen molar-refractivity contribution in [2.45, 2.75) is 32.2 Å². The molecule has 3 nitrogen and oxygen atoms in total. The molecule has 1 fully saturated rings. The first-order chi connectivity index (χ1) is 6.16. The number of aliphatic hydroxyl groups excluding tert-OH is 1. The van der Waals surface area contributed by atoms with E-state index in [0.717, 1.165) is 26.2 Å². The Labute approximate surface area is 80.5 Å². The molecule has 0 saturated carbocycles. The van der Waals surface area contributed by atoms with Gasteiger partial charge in [-0.15, -0.1) is 0 Å². The van der Waals surface area contributed by atoms with Gasteiger partial charge in [-0.3, -0.25) is 0 Å². The summed E-state index contributed by atoms with van der Waals surface area (Å²) in [6.07, 6.45) is 2.31. The summed E-state index contributed by atoms with van der Waals surface area (Å²) < 4.78 is 5.43. The third kappa shape index (κ3) is 3.63. The van der Waals surface area contributed by atoms with Crippen LogP contribution in [0.1, 0.15) is 26.7 Å². The molecular weight excluding hydrogens is 166 g/mol. The summed E-state index contributed by atoms with van der Waals surface area (Å²) in [6, 6.07) is 0. The second-order valence-corrected chi connectivity index (χ2v) is 4.39. The van der Waals surface area contributed by atoms with Crippen molar-refractivity contribution in [1.29, 1.82) is 0 Å². The lowest BCUT2D eigenvalue weighted by molar-refractivity contribution is 0.0260. The fourth-order valence-corrected chi connectivity index (χ4v) is 1.56. The number of nitrogens with one attached hydrogen (secondary N) is 1. The van der Waals surface area contributed by atoms with Crippen LogP contribution >= 0.6 is 0 Å². The molecule has 0 amide bonds. The van der Waals surface area contributed by atoms with Crippen molar-refractivity contribution in [3.05, 3.63) is 0 Å². The van der Waals surface area contributed by atoms with Crippen molar-refractivity contribution in [2.24, 2.45) is 5.92 Å². The molecule has 0 aromatic heterocycles. The molecule has 0 aromatic carbocycles. The van der Waals surface area contributed by atoms with E-state index in [1.807, 2.05) is 6.92 Å². The Morgan fingerprint density at radius 3 is 2.92 bits per heavy atom. The van der Waals surface area contributed by atoms with Crippen molar-refractivity contribution >= 4 is 0 Å². The summed E-state index contributed by atoms with van der Waals surface area (Å²) in [6.45, 7) is 7.05. The number of hydrogen-bond acceptors (Lipinski definition) is 3. The molecule has 1 heterocycles. The van der Waals surface area contributed by atoms with Gasteiger partial charge in [0, 0.05) is 25.3 Å². The van der Waals surface area contributed by atoms with Crippen LogP contribution in [-0.2, 0) is 4.74 Å². The first-order valence-corrected chi connectivity index (χ1v) is 5.10. The molecule has 1 saturated heterocycles. The number of hydrogen-bond donors (Lipinski definition) is 2. The monoisotopic (exact) mass is 187 g/mol. The van der Waals surface area contributed by atoms with E-state index in [2.05, 4.69) is 12.2 Å². The van der Waals surface area contributed by atoms with Crippen molar-refractivity contribution in [2.75, 3.05) is 26.4 Å². The highest BCUT2D eigenvalue weighted by Crippen LogP contribution is 2.18. The number of aliphatic hydroxyl groups is 1.